The van der Waals surface area contributed by atoms with Gasteiger partial charge in [-0.15, -0.1) is 0 Å². The van der Waals surface area contributed by atoms with E-state index in [4.69, 9.17) is 20.4 Å². The number of hydrogen-bond donors (Lipinski definition) is 5. The first-order valence-corrected chi connectivity index (χ1v) is 6.57. The highest BCUT2D eigenvalue weighted by molar-refractivity contribution is 5.76. The summed E-state index contributed by atoms with van der Waals surface area (Å²) in [6.07, 6.45) is -1.38. The van der Waals surface area contributed by atoms with Gasteiger partial charge in [0.25, 0.3) is 0 Å². The summed E-state index contributed by atoms with van der Waals surface area (Å²) in [4.78, 5) is 45.3. The fourth-order valence-electron chi connectivity index (χ4n) is 2.02. The van der Waals surface area contributed by atoms with Gasteiger partial charge >= 0.3 is 23.9 Å². The van der Waals surface area contributed by atoms with Crippen molar-refractivity contribution >= 4 is 23.9 Å². The van der Waals surface area contributed by atoms with E-state index in [1.807, 2.05) is 0 Å². The summed E-state index contributed by atoms with van der Waals surface area (Å²) in [6.45, 7) is -1.15. The summed E-state index contributed by atoms with van der Waals surface area (Å²) < 4.78 is 0. The van der Waals surface area contributed by atoms with E-state index in [1.54, 1.807) is 0 Å². The molecule has 11 heteroatoms. The number of carboxylic acids is 4. The van der Waals surface area contributed by atoms with Gasteiger partial charge in [0.15, 0.2) is 0 Å². The lowest BCUT2D eigenvalue weighted by atomic mass is 10.1. The van der Waals surface area contributed by atoms with Gasteiger partial charge in [0.2, 0.25) is 0 Å². The van der Waals surface area contributed by atoms with Crippen LogP contribution in [0.2, 0.25) is 0 Å². The van der Waals surface area contributed by atoms with Crippen molar-refractivity contribution < 1.29 is 44.7 Å². The van der Waals surface area contributed by atoms with Crippen LogP contribution in [0.3, 0.4) is 0 Å². The Labute approximate surface area is 131 Å². The van der Waals surface area contributed by atoms with E-state index in [9.17, 15) is 24.3 Å². The standard InChI is InChI=1S/C12H20N2O9/c1-7(15)11(12(22)23)14(6-10(20)21)3-2-13(4-8(16)17)5-9(18)19/h7,11,15H,2-6H2,1H3,(H,16,17)(H,18,19)(H,20,21)(H,22,23). The first-order chi connectivity index (χ1) is 10.5. The summed E-state index contributed by atoms with van der Waals surface area (Å²) in [5.41, 5.74) is 0. The predicted octanol–water partition coefficient (Wildman–Crippen LogP) is -2.32. The molecule has 0 spiro atoms. The van der Waals surface area contributed by atoms with Gasteiger partial charge in [-0.1, -0.05) is 0 Å². The van der Waals surface area contributed by atoms with Crippen molar-refractivity contribution in [2.75, 3.05) is 32.7 Å². The second-order valence-electron chi connectivity index (χ2n) is 4.89. The smallest absolute Gasteiger partial charge is 0.323 e. The number of aliphatic hydroxyl groups is 1. The fraction of sp³-hybridized carbons (Fsp3) is 0.667. The maximum atomic E-state index is 11.2. The lowest BCUT2D eigenvalue weighted by Gasteiger charge is -2.31. The molecule has 0 heterocycles. The summed E-state index contributed by atoms with van der Waals surface area (Å²) in [7, 11) is 0. The third-order valence-corrected chi connectivity index (χ3v) is 2.86. The third-order valence-electron chi connectivity index (χ3n) is 2.86. The van der Waals surface area contributed by atoms with Crippen molar-refractivity contribution in [1.29, 1.82) is 0 Å². The van der Waals surface area contributed by atoms with E-state index in [1.165, 1.54) is 6.92 Å². The average molecular weight is 336 g/mol. The first kappa shape index (κ1) is 20.8. The maximum absolute atomic E-state index is 11.2. The SMILES string of the molecule is CC(O)C(C(=O)O)N(CCN(CC(=O)O)CC(=O)O)CC(=O)O. The van der Waals surface area contributed by atoms with Crippen LogP contribution in [0.4, 0.5) is 0 Å². The zero-order valence-corrected chi connectivity index (χ0v) is 12.5. The number of nitrogens with zero attached hydrogens (tertiary/aromatic N) is 2. The Morgan fingerprint density at radius 2 is 1.26 bits per heavy atom. The second kappa shape index (κ2) is 9.71. The number of carboxylic acid groups (broad SMARTS) is 4. The van der Waals surface area contributed by atoms with Crippen molar-refractivity contribution in [3.05, 3.63) is 0 Å². The molecule has 0 amide bonds. The molecule has 2 atom stereocenters. The van der Waals surface area contributed by atoms with Crippen molar-refractivity contribution in [2.45, 2.75) is 19.1 Å². The van der Waals surface area contributed by atoms with Gasteiger partial charge in [-0.2, -0.15) is 0 Å². The summed E-state index contributed by atoms with van der Waals surface area (Å²) >= 11 is 0. The van der Waals surface area contributed by atoms with Crippen LogP contribution in [0.1, 0.15) is 6.92 Å². The molecule has 0 aromatic rings. The minimum Gasteiger partial charge on any atom is -0.480 e. The van der Waals surface area contributed by atoms with Crippen molar-refractivity contribution in [2.24, 2.45) is 0 Å². The van der Waals surface area contributed by atoms with Crippen LogP contribution in [0.5, 0.6) is 0 Å². The minimum atomic E-state index is -1.51. The molecular formula is C12H20N2O9. The average Bonchev–Trinajstić information content (AvgIpc) is 2.32. The Kier molecular flexibility index (Phi) is 8.77. The molecule has 0 radical (unpaired) electrons. The normalized spacial score (nSPS) is 13.7. The van der Waals surface area contributed by atoms with Gasteiger partial charge in [-0.25, -0.2) is 0 Å². The fourth-order valence-corrected chi connectivity index (χ4v) is 2.02. The van der Waals surface area contributed by atoms with Crippen LogP contribution in [0.15, 0.2) is 0 Å². The van der Waals surface area contributed by atoms with E-state index in [0.717, 1.165) is 9.80 Å². The Balaban J connectivity index is 5.04. The number of aliphatic hydroxyl groups excluding tert-OH is 1. The van der Waals surface area contributed by atoms with Crippen LogP contribution < -0.4 is 0 Å². The first-order valence-electron chi connectivity index (χ1n) is 6.57. The molecule has 2 unspecified atom stereocenters. The topological polar surface area (TPSA) is 176 Å². The van der Waals surface area contributed by atoms with Crippen LogP contribution in [0.25, 0.3) is 0 Å². The van der Waals surface area contributed by atoms with Crippen molar-refractivity contribution in [3.63, 3.8) is 0 Å². The second-order valence-corrected chi connectivity index (χ2v) is 4.89. The highest BCUT2D eigenvalue weighted by atomic mass is 16.4. The summed E-state index contributed by atoms with van der Waals surface area (Å²) in [6, 6.07) is -1.51. The molecule has 132 valence electrons. The number of aliphatic carboxylic acids is 4. The molecule has 0 rings (SSSR count). The van der Waals surface area contributed by atoms with Crippen LogP contribution >= 0.6 is 0 Å². The van der Waals surface area contributed by atoms with E-state index in [-0.39, 0.29) is 13.1 Å². The largest absolute Gasteiger partial charge is 0.480 e. The molecule has 5 N–H and O–H groups in total. The molecule has 0 aromatic heterocycles. The van der Waals surface area contributed by atoms with Gasteiger partial charge in [0, 0.05) is 13.1 Å². The monoisotopic (exact) mass is 336 g/mol. The molecule has 0 aromatic carbocycles. The van der Waals surface area contributed by atoms with E-state index < -0.39 is 55.7 Å². The lowest BCUT2D eigenvalue weighted by molar-refractivity contribution is -0.151. The van der Waals surface area contributed by atoms with E-state index in [2.05, 4.69) is 0 Å². The third kappa shape index (κ3) is 8.70. The van der Waals surface area contributed by atoms with Crippen molar-refractivity contribution in [3.8, 4) is 0 Å². The van der Waals surface area contributed by atoms with Gasteiger partial charge in [-0.3, -0.25) is 29.0 Å². The highest BCUT2D eigenvalue weighted by Gasteiger charge is 2.31. The Morgan fingerprint density at radius 3 is 1.57 bits per heavy atom. The highest BCUT2D eigenvalue weighted by Crippen LogP contribution is 2.06. The molecule has 0 aliphatic heterocycles. The Bertz CT molecular complexity index is 436. The van der Waals surface area contributed by atoms with Crippen molar-refractivity contribution in [1.82, 2.24) is 9.80 Å². The molecular weight excluding hydrogens is 316 g/mol. The van der Waals surface area contributed by atoms with Gasteiger partial charge in [0.05, 0.1) is 25.7 Å². The van der Waals surface area contributed by atoms with Gasteiger partial charge in [-0.05, 0) is 6.92 Å². The van der Waals surface area contributed by atoms with Crippen LogP contribution in [-0.4, -0.2) is 104 Å². The molecule has 0 saturated carbocycles. The number of rotatable bonds is 12. The molecule has 0 fully saturated rings. The Morgan fingerprint density at radius 1 is 0.826 bits per heavy atom. The minimum absolute atomic E-state index is 0.192. The number of hydrogen-bond acceptors (Lipinski definition) is 7. The molecule has 0 bridgehead atoms. The Hall–Kier alpha value is -2.24. The zero-order valence-electron chi connectivity index (χ0n) is 12.5. The van der Waals surface area contributed by atoms with Gasteiger partial charge < -0.3 is 25.5 Å². The number of carbonyl (C=O) groups is 4. The lowest BCUT2D eigenvalue weighted by Crippen LogP contribution is -2.52. The molecule has 11 nitrogen and oxygen atoms in total. The quantitative estimate of drug-likeness (QED) is 0.258. The van der Waals surface area contributed by atoms with Crippen LogP contribution in [-0.2, 0) is 19.2 Å². The molecule has 0 aliphatic carbocycles. The summed E-state index contributed by atoms with van der Waals surface area (Å²) in [5.74, 6) is -5.33. The summed E-state index contributed by atoms with van der Waals surface area (Å²) in [5, 5.41) is 44.9. The van der Waals surface area contributed by atoms with E-state index >= 15 is 0 Å². The predicted molar refractivity (Wildman–Crippen MR) is 74.0 cm³/mol. The van der Waals surface area contributed by atoms with E-state index in [0.29, 0.717) is 0 Å². The molecule has 0 aliphatic rings. The molecule has 0 saturated heterocycles. The molecule has 23 heavy (non-hydrogen) atoms. The zero-order chi connectivity index (χ0) is 18.2. The van der Waals surface area contributed by atoms with Gasteiger partial charge in [0.1, 0.15) is 6.04 Å². The van der Waals surface area contributed by atoms with Crippen LogP contribution in [0, 0.1) is 0 Å². The maximum Gasteiger partial charge on any atom is 0.323 e.